The van der Waals surface area contributed by atoms with Crippen LogP contribution >= 0.6 is 0 Å². The molecule has 0 spiro atoms. The van der Waals surface area contributed by atoms with Gasteiger partial charge in [0, 0.05) is 17.3 Å². The molecule has 106 valence electrons. The first kappa shape index (κ1) is 13.4. The van der Waals surface area contributed by atoms with Gasteiger partial charge in [0.25, 0.3) is 0 Å². The van der Waals surface area contributed by atoms with E-state index in [2.05, 4.69) is 20.2 Å². The molecule has 6 nitrogen and oxygen atoms in total. The first-order valence-electron chi connectivity index (χ1n) is 6.90. The van der Waals surface area contributed by atoms with E-state index in [-0.39, 0.29) is 5.78 Å². The Balaban J connectivity index is 1.91. The molecule has 2 aromatic rings. The van der Waals surface area contributed by atoms with E-state index in [0.29, 0.717) is 23.1 Å². The normalized spacial score (nSPS) is 15.5. The molecule has 1 fully saturated rings. The number of H-pyrrole nitrogens is 1. The summed E-state index contributed by atoms with van der Waals surface area (Å²) < 4.78 is 0. The van der Waals surface area contributed by atoms with Gasteiger partial charge in [-0.15, -0.1) is 0 Å². The summed E-state index contributed by atoms with van der Waals surface area (Å²) in [4.78, 5) is 20.9. The number of nitriles is 1. The summed E-state index contributed by atoms with van der Waals surface area (Å²) in [6.45, 7) is 3.56. The van der Waals surface area contributed by atoms with Gasteiger partial charge in [0.2, 0.25) is 5.78 Å². The number of aromatic amines is 1. The lowest BCUT2D eigenvalue weighted by Gasteiger charge is -2.07. The SMILES string of the molecule is Cc1cc([C@H](C#N)C(=O)c2cc(C3CC3)[nH]n2)nc(C)n1. The maximum atomic E-state index is 12.5. The number of hydrogen-bond donors (Lipinski definition) is 1. The highest BCUT2D eigenvalue weighted by atomic mass is 16.1. The molecule has 1 N–H and O–H groups in total. The number of nitrogens with one attached hydrogen (secondary N) is 1. The van der Waals surface area contributed by atoms with Gasteiger partial charge in [-0.05, 0) is 38.8 Å². The lowest BCUT2D eigenvalue weighted by Crippen LogP contribution is -2.14. The smallest absolute Gasteiger partial charge is 0.206 e. The fourth-order valence-corrected chi connectivity index (χ4v) is 2.37. The molecule has 0 radical (unpaired) electrons. The van der Waals surface area contributed by atoms with Crippen molar-refractivity contribution in [1.29, 1.82) is 5.26 Å². The summed E-state index contributed by atoms with van der Waals surface area (Å²) in [7, 11) is 0. The minimum Gasteiger partial charge on any atom is -0.290 e. The molecular weight excluding hydrogens is 266 g/mol. The Morgan fingerprint density at radius 1 is 1.38 bits per heavy atom. The molecule has 21 heavy (non-hydrogen) atoms. The van der Waals surface area contributed by atoms with E-state index in [1.807, 2.05) is 13.0 Å². The zero-order chi connectivity index (χ0) is 15.0. The predicted molar refractivity (Wildman–Crippen MR) is 74.8 cm³/mol. The van der Waals surface area contributed by atoms with Crippen LogP contribution < -0.4 is 0 Å². The van der Waals surface area contributed by atoms with Gasteiger partial charge in [-0.2, -0.15) is 10.4 Å². The lowest BCUT2D eigenvalue weighted by molar-refractivity contribution is 0.0972. The van der Waals surface area contributed by atoms with Crippen molar-refractivity contribution in [2.75, 3.05) is 0 Å². The Bertz CT molecular complexity index is 719. The summed E-state index contributed by atoms with van der Waals surface area (Å²) >= 11 is 0. The fraction of sp³-hybridized carbons (Fsp3) is 0.400. The molecular formula is C15H15N5O. The molecule has 6 heteroatoms. The standard InChI is InChI=1S/C15H15N5O/c1-8-5-13(18-9(2)17-8)11(7-16)15(21)14-6-12(19-20-14)10-3-4-10/h5-6,10-11H,3-4H2,1-2H3,(H,19,20)/t11-/m0/s1. The van der Waals surface area contributed by atoms with Gasteiger partial charge in [0.05, 0.1) is 11.8 Å². The zero-order valence-electron chi connectivity index (χ0n) is 11.9. The third kappa shape index (κ3) is 2.68. The second-order valence-corrected chi connectivity index (χ2v) is 5.39. The van der Waals surface area contributed by atoms with Crippen LogP contribution in [0.15, 0.2) is 12.1 Å². The van der Waals surface area contributed by atoms with Crippen molar-refractivity contribution in [1.82, 2.24) is 20.2 Å². The lowest BCUT2D eigenvalue weighted by atomic mass is 9.98. The van der Waals surface area contributed by atoms with Crippen molar-refractivity contribution in [3.05, 3.63) is 40.7 Å². The van der Waals surface area contributed by atoms with E-state index in [1.165, 1.54) is 0 Å². The number of carbonyl (C=O) groups excluding carboxylic acids is 1. The number of hydrogen-bond acceptors (Lipinski definition) is 5. The molecule has 3 rings (SSSR count). The first-order valence-corrected chi connectivity index (χ1v) is 6.90. The average molecular weight is 281 g/mol. The van der Waals surface area contributed by atoms with Crippen molar-refractivity contribution in [2.24, 2.45) is 0 Å². The Kier molecular flexibility index (Phi) is 3.26. The van der Waals surface area contributed by atoms with Crippen LogP contribution in [0.1, 0.15) is 58.1 Å². The molecule has 1 saturated carbocycles. The number of nitrogens with zero attached hydrogens (tertiary/aromatic N) is 4. The molecule has 1 atom stereocenters. The van der Waals surface area contributed by atoms with Crippen LogP contribution in [0.25, 0.3) is 0 Å². The van der Waals surface area contributed by atoms with E-state index in [0.717, 1.165) is 24.2 Å². The molecule has 1 aliphatic carbocycles. The largest absolute Gasteiger partial charge is 0.290 e. The van der Waals surface area contributed by atoms with Gasteiger partial charge in [-0.1, -0.05) is 0 Å². The van der Waals surface area contributed by atoms with Crippen LogP contribution in [-0.4, -0.2) is 25.9 Å². The minimum atomic E-state index is -0.944. The molecule has 0 amide bonds. The van der Waals surface area contributed by atoms with Gasteiger partial charge in [-0.3, -0.25) is 9.89 Å². The molecule has 0 unspecified atom stereocenters. The van der Waals surface area contributed by atoms with Gasteiger partial charge in [0.15, 0.2) is 5.92 Å². The third-order valence-corrected chi connectivity index (χ3v) is 3.54. The number of Topliss-reactive ketones (excluding diaryl/α,β-unsaturated/α-hetero) is 1. The number of rotatable bonds is 4. The summed E-state index contributed by atoms with van der Waals surface area (Å²) in [6, 6.07) is 5.46. The van der Waals surface area contributed by atoms with Crippen LogP contribution in [-0.2, 0) is 0 Å². The maximum Gasteiger partial charge on any atom is 0.206 e. The summed E-state index contributed by atoms with van der Waals surface area (Å²) in [6.07, 6.45) is 2.25. The number of ketones is 1. The monoisotopic (exact) mass is 281 g/mol. The first-order chi connectivity index (χ1) is 10.1. The molecule has 0 saturated heterocycles. The summed E-state index contributed by atoms with van der Waals surface area (Å²) in [5.41, 5.74) is 2.46. The van der Waals surface area contributed by atoms with Crippen LogP contribution in [0, 0.1) is 25.2 Å². The third-order valence-electron chi connectivity index (χ3n) is 3.54. The quantitative estimate of drug-likeness (QED) is 0.866. The predicted octanol–water partition coefficient (Wildman–Crippen LogP) is 2.18. The van der Waals surface area contributed by atoms with Gasteiger partial charge < -0.3 is 0 Å². The highest BCUT2D eigenvalue weighted by Crippen LogP contribution is 2.39. The molecule has 0 aromatic carbocycles. The average Bonchev–Trinajstić information content (AvgIpc) is 3.16. The van der Waals surface area contributed by atoms with E-state index < -0.39 is 5.92 Å². The number of aryl methyl sites for hydroxylation is 2. The van der Waals surface area contributed by atoms with E-state index in [4.69, 9.17) is 0 Å². The Morgan fingerprint density at radius 3 is 2.76 bits per heavy atom. The van der Waals surface area contributed by atoms with Crippen LogP contribution in [0.3, 0.4) is 0 Å². The summed E-state index contributed by atoms with van der Waals surface area (Å²) in [5.74, 6) is -0.222. The van der Waals surface area contributed by atoms with Crippen molar-refractivity contribution < 1.29 is 4.79 Å². The van der Waals surface area contributed by atoms with Gasteiger partial charge >= 0.3 is 0 Å². The highest BCUT2D eigenvalue weighted by molar-refractivity contribution is 6.01. The second-order valence-electron chi connectivity index (χ2n) is 5.39. The van der Waals surface area contributed by atoms with E-state index in [1.54, 1.807) is 19.1 Å². The van der Waals surface area contributed by atoms with Crippen LogP contribution in [0.5, 0.6) is 0 Å². The second kappa shape index (κ2) is 5.09. The van der Waals surface area contributed by atoms with Crippen LogP contribution in [0.4, 0.5) is 0 Å². The summed E-state index contributed by atoms with van der Waals surface area (Å²) in [5, 5.41) is 16.3. The fourth-order valence-electron chi connectivity index (χ4n) is 2.37. The van der Waals surface area contributed by atoms with E-state index >= 15 is 0 Å². The van der Waals surface area contributed by atoms with Crippen LogP contribution in [0.2, 0.25) is 0 Å². The molecule has 0 aliphatic heterocycles. The van der Waals surface area contributed by atoms with Crippen molar-refractivity contribution >= 4 is 5.78 Å². The van der Waals surface area contributed by atoms with Crippen molar-refractivity contribution in [3.8, 4) is 6.07 Å². The number of carbonyl (C=O) groups is 1. The van der Waals surface area contributed by atoms with Gasteiger partial charge in [0.1, 0.15) is 11.5 Å². The Labute approximate surface area is 122 Å². The Morgan fingerprint density at radius 2 is 2.14 bits per heavy atom. The van der Waals surface area contributed by atoms with Crippen molar-refractivity contribution in [2.45, 2.75) is 38.5 Å². The zero-order valence-corrected chi connectivity index (χ0v) is 11.9. The van der Waals surface area contributed by atoms with Gasteiger partial charge in [-0.25, -0.2) is 9.97 Å². The molecule has 0 bridgehead atoms. The molecule has 2 aromatic heterocycles. The molecule has 2 heterocycles. The highest BCUT2D eigenvalue weighted by Gasteiger charge is 2.29. The topological polar surface area (TPSA) is 95.3 Å². The van der Waals surface area contributed by atoms with E-state index in [9.17, 15) is 10.1 Å². The minimum absolute atomic E-state index is 0.303. The molecule has 1 aliphatic rings. The Hall–Kier alpha value is -2.55. The maximum absolute atomic E-state index is 12.5. The van der Waals surface area contributed by atoms with Crippen molar-refractivity contribution in [3.63, 3.8) is 0 Å². The number of aromatic nitrogens is 4.